The van der Waals surface area contributed by atoms with Crippen LogP contribution in [-0.2, 0) is 0 Å². The number of benzene rings is 2. The van der Waals surface area contributed by atoms with Crippen molar-refractivity contribution in [2.75, 3.05) is 14.2 Å². The fourth-order valence-electron chi connectivity index (χ4n) is 2.56. The van der Waals surface area contributed by atoms with Gasteiger partial charge in [0.15, 0.2) is 11.5 Å². The number of halogens is 2. The first-order valence-electron chi connectivity index (χ1n) is 7.85. The van der Waals surface area contributed by atoms with Crippen molar-refractivity contribution in [3.8, 4) is 17.2 Å². The first kappa shape index (κ1) is 17.7. The molecule has 4 nitrogen and oxygen atoms in total. The molecule has 26 heavy (non-hydrogen) atoms. The molecular weight excluding hydrogens is 340 g/mol. The summed E-state index contributed by atoms with van der Waals surface area (Å²) in [4.78, 5) is 4.56. The molecule has 0 saturated carbocycles. The van der Waals surface area contributed by atoms with Crippen molar-refractivity contribution in [3.63, 3.8) is 0 Å². The Morgan fingerprint density at radius 3 is 2.27 bits per heavy atom. The molecule has 0 fully saturated rings. The number of hydrogen-bond acceptors (Lipinski definition) is 4. The van der Waals surface area contributed by atoms with E-state index in [0.29, 0.717) is 5.56 Å². The monoisotopic (exact) mass is 357 g/mol. The number of alkyl halides is 2. The molecule has 0 saturated heterocycles. The highest BCUT2D eigenvalue weighted by Gasteiger charge is 2.17. The van der Waals surface area contributed by atoms with Crippen LogP contribution in [0.25, 0.3) is 23.1 Å². The number of nitrogens with zero attached hydrogens (tertiary/aromatic N) is 1. The number of rotatable bonds is 6. The molecule has 0 aliphatic heterocycles. The number of pyridine rings is 1. The van der Waals surface area contributed by atoms with Crippen molar-refractivity contribution in [2.45, 2.75) is 6.61 Å². The van der Waals surface area contributed by atoms with E-state index in [4.69, 9.17) is 9.47 Å². The van der Waals surface area contributed by atoms with Crippen LogP contribution in [0.1, 0.15) is 11.3 Å². The molecule has 134 valence electrons. The van der Waals surface area contributed by atoms with E-state index in [0.717, 1.165) is 16.6 Å². The quantitative estimate of drug-likeness (QED) is 0.621. The maximum Gasteiger partial charge on any atom is 0.387 e. The van der Waals surface area contributed by atoms with Gasteiger partial charge in [0.05, 0.1) is 25.4 Å². The average molecular weight is 357 g/mol. The smallest absolute Gasteiger partial charge is 0.387 e. The summed E-state index contributed by atoms with van der Waals surface area (Å²) in [5.74, 6) is 0.192. The lowest BCUT2D eigenvalue weighted by atomic mass is 10.1. The van der Waals surface area contributed by atoms with E-state index < -0.39 is 6.61 Å². The van der Waals surface area contributed by atoms with Gasteiger partial charge in [-0.3, -0.25) is 0 Å². The highest BCUT2D eigenvalue weighted by atomic mass is 19.3. The third kappa shape index (κ3) is 3.91. The van der Waals surface area contributed by atoms with E-state index in [1.165, 1.54) is 14.2 Å². The Kier molecular flexibility index (Phi) is 5.31. The summed E-state index contributed by atoms with van der Waals surface area (Å²) in [7, 11) is 2.76. The van der Waals surface area contributed by atoms with Crippen LogP contribution in [-0.4, -0.2) is 25.8 Å². The van der Waals surface area contributed by atoms with Crippen LogP contribution < -0.4 is 14.2 Å². The van der Waals surface area contributed by atoms with Crippen LogP contribution in [0.5, 0.6) is 17.2 Å². The first-order chi connectivity index (χ1) is 12.6. The minimum absolute atomic E-state index is 0.133. The van der Waals surface area contributed by atoms with Gasteiger partial charge in [0, 0.05) is 5.39 Å². The SMILES string of the molecule is COc1cc(/C=C/c2ccc3ccccc3n2)cc(OC)c1OC(F)F. The van der Waals surface area contributed by atoms with Crippen molar-refractivity contribution < 1.29 is 23.0 Å². The topological polar surface area (TPSA) is 40.6 Å². The molecule has 2 aromatic carbocycles. The van der Waals surface area contributed by atoms with Crippen molar-refractivity contribution >= 4 is 23.1 Å². The van der Waals surface area contributed by atoms with Crippen molar-refractivity contribution in [1.29, 1.82) is 0 Å². The average Bonchev–Trinajstić information content (AvgIpc) is 2.66. The largest absolute Gasteiger partial charge is 0.493 e. The number of fused-ring (bicyclic) bond motifs is 1. The van der Waals surface area contributed by atoms with Gasteiger partial charge in [-0.1, -0.05) is 30.3 Å². The van der Waals surface area contributed by atoms with Crippen LogP contribution >= 0.6 is 0 Å². The number of ether oxygens (including phenoxy) is 3. The summed E-state index contributed by atoms with van der Waals surface area (Å²) in [6, 6.07) is 14.9. The molecule has 0 aliphatic rings. The summed E-state index contributed by atoms with van der Waals surface area (Å²) >= 11 is 0. The lowest BCUT2D eigenvalue weighted by Gasteiger charge is -2.14. The third-order valence-corrected chi connectivity index (χ3v) is 3.76. The van der Waals surface area contributed by atoms with Gasteiger partial charge < -0.3 is 14.2 Å². The summed E-state index contributed by atoms with van der Waals surface area (Å²) in [5, 5.41) is 1.06. The highest BCUT2D eigenvalue weighted by Crippen LogP contribution is 2.39. The summed E-state index contributed by atoms with van der Waals surface area (Å²) in [6.45, 7) is -2.97. The Balaban J connectivity index is 1.93. The van der Waals surface area contributed by atoms with E-state index in [1.807, 2.05) is 42.5 Å². The zero-order valence-corrected chi connectivity index (χ0v) is 14.3. The fraction of sp³-hybridized carbons (Fsp3) is 0.150. The number of para-hydroxylation sites is 1. The maximum absolute atomic E-state index is 12.6. The minimum atomic E-state index is -2.97. The lowest BCUT2D eigenvalue weighted by molar-refractivity contribution is -0.0526. The van der Waals surface area contributed by atoms with Crippen LogP contribution in [0.2, 0.25) is 0 Å². The zero-order chi connectivity index (χ0) is 18.5. The molecule has 0 amide bonds. The molecular formula is C20H17F2NO3. The van der Waals surface area contributed by atoms with E-state index in [1.54, 1.807) is 18.2 Å². The van der Waals surface area contributed by atoms with Gasteiger partial charge >= 0.3 is 6.61 Å². The molecule has 1 aromatic heterocycles. The van der Waals surface area contributed by atoms with Gasteiger partial charge in [0.2, 0.25) is 5.75 Å². The van der Waals surface area contributed by atoms with Crippen molar-refractivity contribution in [3.05, 3.63) is 59.8 Å². The summed E-state index contributed by atoms with van der Waals surface area (Å²) in [6.07, 6.45) is 3.63. The lowest BCUT2D eigenvalue weighted by Crippen LogP contribution is -2.05. The summed E-state index contributed by atoms with van der Waals surface area (Å²) < 4.78 is 40.0. The Morgan fingerprint density at radius 1 is 0.923 bits per heavy atom. The van der Waals surface area contributed by atoms with Gasteiger partial charge in [-0.05, 0) is 35.9 Å². The molecule has 0 aliphatic carbocycles. The number of methoxy groups -OCH3 is 2. The van der Waals surface area contributed by atoms with Crippen LogP contribution in [0.3, 0.4) is 0 Å². The third-order valence-electron chi connectivity index (χ3n) is 3.76. The van der Waals surface area contributed by atoms with E-state index in [-0.39, 0.29) is 17.2 Å². The van der Waals surface area contributed by atoms with Crippen molar-refractivity contribution in [2.24, 2.45) is 0 Å². The maximum atomic E-state index is 12.6. The molecule has 0 spiro atoms. The second-order valence-electron chi connectivity index (χ2n) is 5.40. The molecule has 0 atom stereocenters. The standard InChI is InChI=1S/C20H17F2NO3/c1-24-17-11-13(12-18(25-2)19(17)26-20(21)22)7-9-15-10-8-14-5-3-4-6-16(14)23-15/h3-12,20H,1-2H3/b9-7+. The molecule has 1 heterocycles. The van der Waals surface area contributed by atoms with Crippen LogP contribution in [0.4, 0.5) is 8.78 Å². The first-order valence-corrected chi connectivity index (χ1v) is 7.85. The van der Waals surface area contributed by atoms with Crippen LogP contribution in [0, 0.1) is 0 Å². The number of hydrogen-bond donors (Lipinski definition) is 0. The molecule has 0 radical (unpaired) electrons. The molecule has 6 heteroatoms. The van der Waals surface area contributed by atoms with Gasteiger partial charge in [-0.25, -0.2) is 4.98 Å². The fourth-order valence-corrected chi connectivity index (χ4v) is 2.56. The predicted molar refractivity (Wildman–Crippen MR) is 96.8 cm³/mol. The molecule has 0 unspecified atom stereocenters. The summed E-state index contributed by atoms with van der Waals surface area (Å²) in [5.41, 5.74) is 2.37. The second-order valence-corrected chi connectivity index (χ2v) is 5.40. The van der Waals surface area contributed by atoms with E-state index in [2.05, 4.69) is 9.72 Å². The van der Waals surface area contributed by atoms with Gasteiger partial charge in [0.25, 0.3) is 0 Å². The Bertz CT molecular complexity index is 916. The van der Waals surface area contributed by atoms with Crippen LogP contribution in [0.15, 0.2) is 48.5 Å². The second kappa shape index (κ2) is 7.82. The predicted octanol–water partition coefficient (Wildman–Crippen LogP) is 5.02. The van der Waals surface area contributed by atoms with Gasteiger partial charge in [-0.15, -0.1) is 0 Å². The van der Waals surface area contributed by atoms with Gasteiger partial charge in [-0.2, -0.15) is 8.78 Å². The van der Waals surface area contributed by atoms with Gasteiger partial charge in [0.1, 0.15) is 0 Å². The zero-order valence-electron chi connectivity index (χ0n) is 14.3. The Labute approximate surface area is 149 Å². The highest BCUT2D eigenvalue weighted by molar-refractivity contribution is 5.81. The molecule has 3 rings (SSSR count). The van der Waals surface area contributed by atoms with E-state index >= 15 is 0 Å². The van der Waals surface area contributed by atoms with E-state index in [9.17, 15) is 8.78 Å². The molecule has 3 aromatic rings. The molecule has 0 bridgehead atoms. The van der Waals surface area contributed by atoms with Crippen molar-refractivity contribution in [1.82, 2.24) is 4.98 Å². The normalized spacial score (nSPS) is 11.3. The minimum Gasteiger partial charge on any atom is -0.493 e. The number of aromatic nitrogens is 1. The Hall–Kier alpha value is -3.15. The molecule has 0 N–H and O–H groups in total. The Morgan fingerprint density at radius 2 is 1.62 bits per heavy atom.